The van der Waals surface area contributed by atoms with E-state index < -0.39 is 0 Å². The van der Waals surface area contributed by atoms with Crippen LogP contribution >= 0.6 is 0 Å². The molecule has 0 saturated carbocycles. The van der Waals surface area contributed by atoms with E-state index in [9.17, 15) is 0 Å². The molecule has 0 amide bonds. The van der Waals surface area contributed by atoms with Crippen LogP contribution in [0.25, 0.3) is 11.4 Å². The number of nitrogens with zero attached hydrogens (tertiary/aromatic N) is 1. The van der Waals surface area contributed by atoms with Gasteiger partial charge in [0.25, 0.3) is 0 Å². The van der Waals surface area contributed by atoms with Crippen LogP contribution in [-0.2, 0) is 0 Å². The van der Waals surface area contributed by atoms with Crippen LogP contribution in [0, 0.1) is 0 Å². The summed E-state index contributed by atoms with van der Waals surface area (Å²) in [6.45, 7) is 5.18. The van der Waals surface area contributed by atoms with Crippen molar-refractivity contribution in [1.82, 2.24) is 9.97 Å². The van der Waals surface area contributed by atoms with Gasteiger partial charge in [0.2, 0.25) is 0 Å². The first-order valence-electron chi connectivity index (χ1n) is 5.74. The molecule has 0 aliphatic carbocycles. The summed E-state index contributed by atoms with van der Waals surface area (Å²) in [5.41, 5.74) is 0.945. The quantitative estimate of drug-likeness (QED) is 0.862. The second kappa shape index (κ2) is 5.39. The van der Waals surface area contributed by atoms with E-state index >= 15 is 0 Å². The lowest BCUT2D eigenvalue weighted by Gasteiger charge is -2.11. The minimum Gasteiger partial charge on any atom is -0.494 e. The number of imidazole rings is 1. The molecule has 0 aliphatic rings. The fourth-order valence-corrected chi connectivity index (χ4v) is 1.64. The van der Waals surface area contributed by atoms with Crippen LogP contribution in [0.1, 0.15) is 13.8 Å². The number of rotatable bonds is 5. The monoisotopic (exact) mass is 232 g/mol. The highest BCUT2D eigenvalue weighted by molar-refractivity contribution is 5.65. The first kappa shape index (κ1) is 11.5. The van der Waals surface area contributed by atoms with E-state index in [4.69, 9.17) is 9.47 Å². The molecule has 2 aromatic rings. The van der Waals surface area contributed by atoms with Crippen LogP contribution in [-0.4, -0.2) is 23.2 Å². The largest absolute Gasteiger partial charge is 0.494 e. The smallest absolute Gasteiger partial charge is 0.141 e. The van der Waals surface area contributed by atoms with Crippen molar-refractivity contribution in [3.63, 3.8) is 0 Å². The van der Waals surface area contributed by atoms with Gasteiger partial charge in [0.15, 0.2) is 0 Å². The van der Waals surface area contributed by atoms with Crippen molar-refractivity contribution in [2.24, 2.45) is 0 Å². The lowest BCUT2D eigenvalue weighted by molar-refractivity contribution is 0.324. The van der Waals surface area contributed by atoms with Crippen molar-refractivity contribution in [2.45, 2.75) is 13.8 Å². The van der Waals surface area contributed by atoms with Gasteiger partial charge in [-0.15, -0.1) is 0 Å². The molecule has 0 radical (unpaired) electrons. The third kappa shape index (κ3) is 2.58. The van der Waals surface area contributed by atoms with Crippen molar-refractivity contribution < 1.29 is 9.47 Å². The molecule has 1 heterocycles. The molecule has 0 bridgehead atoms. The first-order valence-corrected chi connectivity index (χ1v) is 5.74. The molecule has 17 heavy (non-hydrogen) atoms. The second-order valence-electron chi connectivity index (χ2n) is 3.46. The SMILES string of the molecule is CCOc1ccc(-c2ncc[nH]2)c(OCC)c1. The molecule has 0 aliphatic heterocycles. The molecule has 0 fully saturated rings. The Morgan fingerprint density at radius 3 is 2.65 bits per heavy atom. The molecule has 4 heteroatoms. The van der Waals surface area contributed by atoms with Crippen LogP contribution < -0.4 is 9.47 Å². The zero-order valence-electron chi connectivity index (χ0n) is 10.1. The van der Waals surface area contributed by atoms with Crippen molar-refractivity contribution >= 4 is 0 Å². The van der Waals surface area contributed by atoms with Crippen molar-refractivity contribution in [2.75, 3.05) is 13.2 Å². The number of ether oxygens (including phenoxy) is 2. The number of aromatic nitrogens is 2. The predicted molar refractivity (Wildman–Crippen MR) is 66.4 cm³/mol. The molecular weight excluding hydrogens is 216 g/mol. The van der Waals surface area contributed by atoms with E-state index in [0.29, 0.717) is 13.2 Å². The van der Waals surface area contributed by atoms with Gasteiger partial charge in [0, 0.05) is 18.5 Å². The molecule has 1 aromatic heterocycles. The average Bonchev–Trinajstić information content (AvgIpc) is 2.84. The Hall–Kier alpha value is -1.97. The highest BCUT2D eigenvalue weighted by atomic mass is 16.5. The Kier molecular flexibility index (Phi) is 3.65. The Morgan fingerprint density at radius 2 is 2.00 bits per heavy atom. The number of aromatic amines is 1. The number of benzene rings is 1. The molecule has 90 valence electrons. The number of hydrogen-bond donors (Lipinski definition) is 1. The highest BCUT2D eigenvalue weighted by Gasteiger charge is 2.09. The van der Waals surface area contributed by atoms with E-state index in [0.717, 1.165) is 22.9 Å². The van der Waals surface area contributed by atoms with E-state index in [2.05, 4.69) is 9.97 Å². The standard InChI is InChI=1S/C13H16N2O2/c1-3-16-10-5-6-11(12(9-10)17-4-2)13-14-7-8-15-13/h5-9H,3-4H2,1-2H3,(H,14,15). The minimum atomic E-state index is 0.614. The number of H-pyrrole nitrogens is 1. The van der Waals surface area contributed by atoms with Gasteiger partial charge < -0.3 is 14.5 Å². The van der Waals surface area contributed by atoms with Gasteiger partial charge in [-0.2, -0.15) is 0 Å². The average molecular weight is 232 g/mol. The summed E-state index contributed by atoms with van der Waals surface area (Å²) in [6.07, 6.45) is 3.52. The summed E-state index contributed by atoms with van der Waals surface area (Å²) >= 11 is 0. The summed E-state index contributed by atoms with van der Waals surface area (Å²) in [6, 6.07) is 5.77. The van der Waals surface area contributed by atoms with Gasteiger partial charge in [-0.25, -0.2) is 4.98 Å². The molecule has 0 saturated heterocycles. The number of nitrogens with one attached hydrogen (secondary N) is 1. The lowest BCUT2D eigenvalue weighted by Crippen LogP contribution is -1.97. The molecule has 4 nitrogen and oxygen atoms in total. The maximum Gasteiger partial charge on any atom is 0.141 e. The van der Waals surface area contributed by atoms with Gasteiger partial charge in [-0.1, -0.05) is 0 Å². The van der Waals surface area contributed by atoms with Crippen LogP contribution in [0.4, 0.5) is 0 Å². The zero-order valence-corrected chi connectivity index (χ0v) is 10.1. The first-order chi connectivity index (χ1) is 8.35. The molecule has 2 rings (SSSR count). The molecule has 0 atom stereocenters. The highest BCUT2D eigenvalue weighted by Crippen LogP contribution is 2.31. The fraction of sp³-hybridized carbons (Fsp3) is 0.308. The van der Waals surface area contributed by atoms with Crippen LogP contribution in [0.15, 0.2) is 30.6 Å². The third-order valence-corrected chi connectivity index (χ3v) is 2.32. The van der Waals surface area contributed by atoms with E-state index in [1.54, 1.807) is 12.4 Å². The van der Waals surface area contributed by atoms with E-state index in [-0.39, 0.29) is 0 Å². The van der Waals surface area contributed by atoms with Gasteiger partial charge in [-0.05, 0) is 26.0 Å². The Labute approximate surface area is 101 Å². The summed E-state index contributed by atoms with van der Waals surface area (Å²) in [4.78, 5) is 7.30. The molecular formula is C13H16N2O2. The van der Waals surface area contributed by atoms with Crippen LogP contribution in [0.5, 0.6) is 11.5 Å². The number of hydrogen-bond acceptors (Lipinski definition) is 3. The predicted octanol–water partition coefficient (Wildman–Crippen LogP) is 2.87. The molecule has 1 aromatic carbocycles. The van der Waals surface area contributed by atoms with Gasteiger partial charge >= 0.3 is 0 Å². The topological polar surface area (TPSA) is 47.1 Å². The molecule has 0 unspecified atom stereocenters. The van der Waals surface area contributed by atoms with Crippen LogP contribution in [0.3, 0.4) is 0 Å². The lowest BCUT2D eigenvalue weighted by atomic mass is 10.2. The summed E-state index contributed by atoms with van der Waals surface area (Å²) < 4.78 is 11.1. The minimum absolute atomic E-state index is 0.614. The van der Waals surface area contributed by atoms with Gasteiger partial charge in [-0.3, -0.25) is 0 Å². The third-order valence-electron chi connectivity index (χ3n) is 2.32. The maximum atomic E-state index is 5.61. The van der Waals surface area contributed by atoms with Crippen molar-refractivity contribution in [3.05, 3.63) is 30.6 Å². The Balaban J connectivity index is 2.37. The second-order valence-corrected chi connectivity index (χ2v) is 3.46. The van der Waals surface area contributed by atoms with Crippen molar-refractivity contribution in [3.8, 4) is 22.9 Å². The zero-order chi connectivity index (χ0) is 12.1. The van der Waals surface area contributed by atoms with E-state index in [1.807, 2.05) is 32.0 Å². The normalized spacial score (nSPS) is 10.2. The summed E-state index contributed by atoms with van der Waals surface area (Å²) in [5, 5.41) is 0. The van der Waals surface area contributed by atoms with Crippen molar-refractivity contribution in [1.29, 1.82) is 0 Å². The fourth-order valence-electron chi connectivity index (χ4n) is 1.64. The van der Waals surface area contributed by atoms with Gasteiger partial charge in [0.05, 0.1) is 18.8 Å². The van der Waals surface area contributed by atoms with Crippen LogP contribution in [0.2, 0.25) is 0 Å². The maximum absolute atomic E-state index is 5.61. The molecule has 1 N–H and O–H groups in total. The summed E-state index contributed by atoms with van der Waals surface area (Å²) in [5.74, 6) is 2.40. The Bertz CT molecular complexity index is 466. The summed E-state index contributed by atoms with van der Waals surface area (Å²) in [7, 11) is 0. The Morgan fingerprint density at radius 1 is 1.18 bits per heavy atom. The van der Waals surface area contributed by atoms with E-state index in [1.165, 1.54) is 0 Å². The van der Waals surface area contributed by atoms with Gasteiger partial charge in [0.1, 0.15) is 17.3 Å². The molecule has 0 spiro atoms.